The molecule has 0 spiro atoms. The molecule has 0 saturated carbocycles. The standard InChI is InChI=1S/C12H13F3N2O2/c1-11(2,10(18)19-3)17-7-8-4-5-9(16-6-8)12(13,14)15/h4-7H,1-3H3/b17-7+. The van der Waals surface area contributed by atoms with Crippen LogP contribution in [0.3, 0.4) is 0 Å². The molecule has 1 rings (SSSR count). The molecule has 0 unspecified atom stereocenters. The Hall–Kier alpha value is -1.92. The minimum Gasteiger partial charge on any atom is -0.467 e. The number of hydrogen-bond donors (Lipinski definition) is 0. The Morgan fingerprint density at radius 1 is 1.37 bits per heavy atom. The molecule has 0 fully saturated rings. The number of aliphatic imine (C=N–C) groups is 1. The smallest absolute Gasteiger partial charge is 0.433 e. The van der Waals surface area contributed by atoms with Crippen LogP contribution in [0.2, 0.25) is 0 Å². The quantitative estimate of drug-likeness (QED) is 0.628. The highest BCUT2D eigenvalue weighted by molar-refractivity contribution is 5.86. The van der Waals surface area contributed by atoms with E-state index in [9.17, 15) is 18.0 Å². The number of methoxy groups -OCH3 is 1. The number of carbonyl (C=O) groups is 1. The fourth-order valence-electron chi connectivity index (χ4n) is 1.19. The molecule has 0 aromatic carbocycles. The third-order valence-corrected chi connectivity index (χ3v) is 2.30. The van der Waals surface area contributed by atoms with Gasteiger partial charge in [-0.2, -0.15) is 13.2 Å². The number of pyridine rings is 1. The van der Waals surface area contributed by atoms with Crippen molar-refractivity contribution >= 4 is 12.2 Å². The molecule has 7 heteroatoms. The van der Waals surface area contributed by atoms with Gasteiger partial charge in [0.05, 0.1) is 7.11 Å². The van der Waals surface area contributed by atoms with Gasteiger partial charge >= 0.3 is 12.1 Å². The molecule has 19 heavy (non-hydrogen) atoms. The summed E-state index contributed by atoms with van der Waals surface area (Å²) >= 11 is 0. The zero-order valence-electron chi connectivity index (χ0n) is 10.7. The summed E-state index contributed by atoms with van der Waals surface area (Å²) in [6, 6.07) is 2.08. The number of hydrogen-bond acceptors (Lipinski definition) is 4. The predicted molar refractivity (Wildman–Crippen MR) is 62.9 cm³/mol. The molecule has 1 aromatic heterocycles. The van der Waals surface area contributed by atoms with Crippen LogP contribution in [0, 0.1) is 0 Å². The largest absolute Gasteiger partial charge is 0.467 e. The topological polar surface area (TPSA) is 51.5 Å². The molecule has 0 N–H and O–H groups in total. The van der Waals surface area contributed by atoms with Gasteiger partial charge in [0, 0.05) is 18.0 Å². The normalized spacial score (nSPS) is 12.7. The molecule has 0 aliphatic heterocycles. The summed E-state index contributed by atoms with van der Waals surface area (Å²) in [6.45, 7) is 3.07. The molecule has 0 amide bonds. The summed E-state index contributed by atoms with van der Waals surface area (Å²) in [5.74, 6) is -0.538. The van der Waals surface area contributed by atoms with Gasteiger partial charge in [-0.15, -0.1) is 0 Å². The first-order chi connectivity index (χ1) is 8.66. The van der Waals surface area contributed by atoms with E-state index in [4.69, 9.17) is 0 Å². The molecule has 1 aromatic rings. The van der Waals surface area contributed by atoms with E-state index in [2.05, 4.69) is 14.7 Å². The van der Waals surface area contributed by atoms with E-state index in [1.807, 2.05) is 0 Å². The molecular formula is C12H13F3N2O2. The molecule has 1 heterocycles. The van der Waals surface area contributed by atoms with Crippen LogP contribution in [0.1, 0.15) is 25.1 Å². The number of nitrogens with zero attached hydrogens (tertiary/aromatic N) is 2. The van der Waals surface area contributed by atoms with Crippen molar-refractivity contribution in [1.82, 2.24) is 4.98 Å². The second kappa shape index (κ2) is 5.38. The zero-order valence-corrected chi connectivity index (χ0v) is 10.7. The Balaban J connectivity index is 2.87. The highest BCUT2D eigenvalue weighted by atomic mass is 19.4. The Morgan fingerprint density at radius 2 is 2.00 bits per heavy atom. The van der Waals surface area contributed by atoms with E-state index < -0.39 is 23.4 Å². The van der Waals surface area contributed by atoms with Crippen molar-refractivity contribution < 1.29 is 22.7 Å². The van der Waals surface area contributed by atoms with Gasteiger partial charge in [0.2, 0.25) is 0 Å². The van der Waals surface area contributed by atoms with Gasteiger partial charge in [-0.25, -0.2) is 4.79 Å². The fraction of sp³-hybridized carbons (Fsp3) is 0.417. The van der Waals surface area contributed by atoms with E-state index >= 15 is 0 Å². The molecule has 0 saturated heterocycles. The molecule has 0 bridgehead atoms. The Morgan fingerprint density at radius 3 is 2.42 bits per heavy atom. The summed E-state index contributed by atoms with van der Waals surface area (Å²) in [7, 11) is 1.24. The van der Waals surface area contributed by atoms with Gasteiger partial charge in [-0.05, 0) is 26.0 Å². The van der Waals surface area contributed by atoms with E-state index in [1.54, 1.807) is 0 Å². The van der Waals surface area contributed by atoms with Gasteiger partial charge in [-0.1, -0.05) is 0 Å². The third kappa shape index (κ3) is 4.04. The first-order valence-corrected chi connectivity index (χ1v) is 5.34. The number of halogens is 3. The molecular weight excluding hydrogens is 261 g/mol. The van der Waals surface area contributed by atoms with Gasteiger partial charge in [0.25, 0.3) is 0 Å². The van der Waals surface area contributed by atoms with Gasteiger partial charge < -0.3 is 4.74 Å². The summed E-state index contributed by atoms with van der Waals surface area (Å²) < 4.78 is 41.4. The highest BCUT2D eigenvalue weighted by Crippen LogP contribution is 2.27. The van der Waals surface area contributed by atoms with Crippen molar-refractivity contribution in [2.75, 3.05) is 7.11 Å². The number of rotatable bonds is 3. The Kier molecular flexibility index (Phi) is 4.28. The number of carbonyl (C=O) groups excluding carboxylic acids is 1. The zero-order chi connectivity index (χ0) is 14.7. The minimum absolute atomic E-state index is 0.366. The van der Waals surface area contributed by atoms with Gasteiger partial charge in [-0.3, -0.25) is 9.98 Å². The maximum Gasteiger partial charge on any atom is 0.433 e. The minimum atomic E-state index is -4.47. The van der Waals surface area contributed by atoms with Crippen LogP contribution < -0.4 is 0 Å². The van der Waals surface area contributed by atoms with E-state index in [-0.39, 0.29) is 0 Å². The monoisotopic (exact) mass is 274 g/mol. The van der Waals surface area contributed by atoms with Crippen molar-refractivity contribution in [3.63, 3.8) is 0 Å². The summed E-state index contributed by atoms with van der Waals surface area (Å²) in [5.41, 5.74) is -1.71. The molecule has 0 atom stereocenters. The Labute approximate surface area is 108 Å². The van der Waals surface area contributed by atoms with Crippen LogP contribution in [0.25, 0.3) is 0 Å². The fourth-order valence-corrected chi connectivity index (χ4v) is 1.19. The van der Waals surface area contributed by atoms with E-state index in [0.717, 1.165) is 12.3 Å². The lowest BCUT2D eigenvalue weighted by Gasteiger charge is -2.15. The van der Waals surface area contributed by atoms with E-state index in [1.165, 1.54) is 33.2 Å². The summed E-state index contributed by atoms with van der Waals surface area (Å²) in [4.78, 5) is 18.6. The van der Waals surface area contributed by atoms with Crippen molar-refractivity contribution in [2.45, 2.75) is 25.6 Å². The number of ether oxygens (including phenoxy) is 1. The van der Waals surface area contributed by atoms with E-state index in [0.29, 0.717) is 5.56 Å². The first kappa shape index (κ1) is 15.1. The van der Waals surface area contributed by atoms with Gasteiger partial charge in [0.15, 0.2) is 5.54 Å². The van der Waals surface area contributed by atoms with Crippen LogP contribution in [-0.2, 0) is 15.7 Å². The average molecular weight is 274 g/mol. The lowest BCUT2D eigenvalue weighted by atomic mass is 10.1. The maximum absolute atomic E-state index is 12.3. The second-order valence-corrected chi connectivity index (χ2v) is 4.28. The molecule has 4 nitrogen and oxygen atoms in total. The highest BCUT2D eigenvalue weighted by Gasteiger charge is 2.32. The van der Waals surface area contributed by atoms with Crippen LogP contribution in [0.15, 0.2) is 23.3 Å². The molecule has 0 radical (unpaired) electrons. The lowest BCUT2D eigenvalue weighted by molar-refractivity contribution is -0.145. The molecule has 0 aliphatic rings. The number of alkyl halides is 3. The third-order valence-electron chi connectivity index (χ3n) is 2.30. The van der Waals surface area contributed by atoms with Crippen molar-refractivity contribution in [1.29, 1.82) is 0 Å². The van der Waals surface area contributed by atoms with Crippen LogP contribution in [0.5, 0.6) is 0 Å². The number of aromatic nitrogens is 1. The van der Waals surface area contributed by atoms with Crippen LogP contribution >= 0.6 is 0 Å². The average Bonchev–Trinajstić information content (AvgIpc) is 2.35. The van der Waals surface area contributed by atoms with Crippen molar-refractivity contribution in [3.8, 4) is 0 Å². The maximum atomic E-state index is 12.3. The predicted octanol–water partition coefficient (Wildman–Crippen LogP) is 2.47. The molecule has 0 aliphatic carbocycles. The van der Waals surface area contributed by atoms with Crippen LogP contribution in [-0.4, -0.2) is 29.8 Å². The molecule has 104 valence electrons. The lowest BCUT2D eigenvalue weighted by Crippen LogP contribution is -2.30. The Bertz CT molecular complexity index is 479. The number of esters is 1. The van der Waals surface area contributed by atoms with Crippen LogP contribution in [0.4, 0.5) is 13.2 Å². The van der Waals surface area contributed by atoms with Crippen molar-refractivity contribution in [2.24, 2.45) is 4.99 Å². The first-order valence-electron chi connectivity index (χ1n) is 5.34. The van der Waals surface area contributed by atoms with Gasteiger partial charge in [0.1, 0.15) is 5.69 Å². The summed E-state index contributed by atoms with van der Waals surface area (Å²) in [5, 5.41) is 0. The SMILES string of the molecule is COC(=O)C(C)(C)/N=C/c1ccc(C(F)(F)F)nc1. The second-order valence-electron chi connectivity index (χ2n) is 4.28. The van der Waals surface area contributed by atoms with Crippen molar-refractivity contribution in [3.05, 3.63) is 29.6 Å². The summed E-state index contributed by atoms with van der Waals surface area (Å²) in [6.07, 6.45) is -2.15.